The zero-order valence-electron chi connectivity index (χ0n) is 17.2. The Hall–Kier alpha value is -2.64. The summed E-state index contributed by atoms with van der Waals surface area (Å²) in [5.74, 6) is -1.52. The van der Waals surface area contributed by atoms with E-state index in [1.165, 1.54) is 17.0 Å². The molecule has 9 heteroatoms. The lowest BCUT2D eigenvalue weighted by Crippen LogP contribution is -2.52. The molecule has 2 aromatic rings. The van der Waals surface area contributed by atoms with Gasteiger partial charge in [0.15, 0.2) is 0 Å². The maximum absolute atomic E-state index is 13.6. The Bertz CT molecular complexity index is 972. The summed E-state index contributed by atoms with van der Waals surface area (Å²) in [6.45, 7) is 0.577. The van der Waals surface area contributed by atoms with E-state index in [4.69, 9.17) is 23.2 Å². The van der Waals surface area contributed by atoms with Crippen LogP contribution in [0.5, 0.6) is 0 Å². The highest BCUT2D eigenvalue weighted by molar-refractivity contribution is 6.34. The van der Waals surface area contributed by atoms with Crippen molar-refractivity contribution in [1.82, 2.24) is 10.2 Å². The fraction of sp³-hybridized carbons (Fsp3) is 0.348. The summed E-state index contributed by atoms with van der Waals surface area (Å²) in [4.78, 5) is 37.5. The Morgan fingerprint density at radius 2 is 1.72 bits per heavy atom. The second-order valence-corrected chi connectivity index (χ2v) is 8.76. The molecule has 0 aromatic heterocycles. The first kappa shape index (κ1) is 24.0. The number of likely N-dealkylation sites (tertiary alicyclic amines) is 1. The van der Waals surface area contributed by atoms with E-state index in [-0.39, 0.29) is 32.0 Å². The molecular weight excluding hydrogens is 458 g/mol. The van der Waals surface area contributed by atoms with Gasteiger partial charge in [-0.15, -0.1) is 0 Å². The number of carboxylic acid groups (broad SMARTS) is 1. The highest BCUT2D eigenvalue weighted by Gasteiger charge is 2.46. The summed E-state index contributed by atoms with van der Waals surface area (Å²) in [7, 11) is 0. The van der Waals surface area contributed by atoms with Gasteiger partial charge in [0.05, 0.1) is 5.92 Å². The fourth-order valence-corrected chi connectivity index (χ4v) is 4.99. The second kappa shape index (κ2) is 10.3. The molecule has 1 heterocycles. The number of hydrogen-bond donors (Lipinski definition) is 2. The molecule has 6 nitrogen and oxygen atoms in total. The van der Waals surface area contributed by atoms with Gasteiger partial charge in [0.25, 0.3) is 0 Å². The Balaban J connectivity index is 1.90. The monoisotopic (exact) mass is 480 g/mol. The molecule has 1 aliphatic heterocycles. The van der Waals surface area contributed by atoms with Crippen molar-refractivity contribution in [2.45, 2.75) is 31.2 Å². The van der Waals surface area contributed by atoms with E-state index in [1.54, 1.807) is 30.3 Å². The van der Waals surface area contributed by atoms with E-state index in [2.05, 4.69) is 5.32 Å². The molecule has 170 valence electrons. The molecule has 1 atom stereocenters. The number of benzene rings is 2. The van der Waals surface area contributed by atoms with Crippen LogP contribution in [0.2, 0.25) is 10.0 Å². The van der Waals surface area contributed by atoms with Crippen LogP contribution in [0.15, 0.2) is 42.5 Å². The number of carbonyl (C=O) groups is 3. The van der Waals surface area contributed by atoms with Crippen LogP contribution in [0.25, 0.3) is 0 Å². The van der Waals surface area contributed by atoms with Gasteiger partial charge in [0.1, 0.15) is 12.1 Å². The van der Waals surface area contributed by atoms with E-state index in [9.17, 15) is 23.9 Å². The third-order valence-corrected chi connectivity index (χ3v) is 6.49. The summed E-state index contributed by atoms with van der Waals surface area (Å²) in [5.41, 5.74) is 0.602. The molecular formula is C23H23Cl2FN2O4. The van der Waals surface area contributed by atoms with Gasteiger partial charge in [-0.2, -0.15) is 0 Å². The van der Waals surface area contributed by atoms with Crippen LogP contribution in [0, 0.1) is 11.7 Å². The smallest absolute Gasteiger partial charge is 0.407 e. The molecule has 1 unspecified atom stereocenters. The number of aldehydes is 1. The number of halogens is 3. The molecule has 3 rings (SSSR count). The van der Waals surface area contributed by atoms with E-state index >= 15 is 0 Å². The average Bonchev–Trinajstić information content (AvgIpc) is 2.75. The minimum absolute atomic E-state index is 0.0490. The van der Waals surface area contributed by atoms with Crippen LogP contribution >= 0.6 is 23.2 Å². The fourth-order valence-electron chi connectivity index (χ4n) is 4.42. The highest BCUT2D eigenvalue weighted by Crippen LogP contribution is 2.43. The van der Waals surface area contributed by atoms with Gasteiger partial charge < -0.3 is 20.1 Å². The summed E-state index contributed by atoms with van der Waals surface area (Å²) in [6.07, 6.45) is 0.272. The van der Waals surface area contributed by atoms with Crippen LogP contribution in [0.1, 0.15) is 30.4 Å². The van der Waals surface area contributed by atoms with Gasteiger partial charge >= 0.3 is 6.09 Å². The van der Waals surface area contributed by atoms with E-state index in [1.807, 2.05) is 0 Å². The molecule has 1 aliphatic rings. The van der Waals surface area contributed by atoms with Gasteiger partial charge in [-0.1, -0.05) is 35.3 Å². The number of hydrogen-bond acceptors (Lipinski definition) is 3. The molecule has 0 saturated carbocycles. The first-order chi connectivity index (χ1) is 15.2. The van der Waals surface area contributed by atoms with Gasteiger partial charge in [-0.3, -0.25) is 4.79 Å². The molecule has 0 bridgehead atoms. The number of piperidine rings is 1. The Kier molecular flexibility index (Phi) is 7.74. The molecule has 2 N–H and O–H groups in total. The lowest BCUT2D eigenvalue weighted by molar-refractivity contribution is -0.130. The maximum Gasteiger partial charge on any atom is 0.407 e. The molecule has 0 aliphatic carbocycles. The van der Waals surface area contributed by atoms with Crippen molar-refractivity contribution in [1.29, 1.82) is 0 Å². The minimum Gasteiger partial charge on any atom is -0.465 e. The number of nitrogens with zero attached hydrogens (tertiary/aromatic N) is 1. The zero-order valence-corrected chi connectivity index (χ0v) is 18.7. The third kappa shape index (κ3) is 5.40. The average molecular weight is 481 g/mol. The zero-order chi connectivity index (χ0) is 23.3. The summed E-state index contributed by atoms with van der Waals surface area (Å²) >= 11 is 12.1. The van der Waals surface area contributed by atoms with E-state index < -0.39 is 23.2 Å². The molecule has 2 amide bonds. The summed E-state index contributed by atoms with van der Waals surface area (Å²) in [6, 6.07) is 10.8. The van der Waals surface area contributed by atoms with Crippen LogP contribution in [0.4, 0.5) is 9.18 Å². The van der Waals surface area contributed by atoms with Gasteiger partial charge in [-0.05, 0) is 54.3 Å². The normalized spacial score (nSPS) is 16.3. The van der Waals surface area contributed by atoms with Crippen molar-refractivity contribution < 1.29 is 23.9 Å². The highest BCUT2D eigenvalue weighted by atomic mass is 35.5. The summed E-state index contributed by atoms with van der Waals surface area (Å²) in [5, 5.41) is 13.1. The van der Waals surface area contributed by atoms with Crippen LogP contribution in [0.3, 0.4) is 0 Å². The lowest BCUT2D eigenvalue weighted by atomic mass is 9.63. The number of carbonyl (C=O) groups excluding carboxylic acids is 2. The predicted molar refractivity (Wildman–Crippen MR) is 119 cm³/mol. The van der Waals surface area contributed by atoms with Gasteiger partial charge in [0.2, 0.25) is 5.91 Å². The van der Waals surface area contributed by atoms with Crippen molar-refractivity contribution in [3.8, 4) is 0 Å². The quantitative estimate of drug-likeness (QED) is 0.563. The van der Waals surface area contributed by atoms with E-state index in [0.717, 1.165) is 0 Å². The number of nitrogens with one attached hydrogen (secondary N) is 1. The van der Waals surface area contributed by atoms with Crippen LogP contribution in [-0.2, 0) is 21.5 Å². The first-order valence-corrected chi connectivity index (χ1v) is 10.9. The van der Waals surface area contributed by atoms with Crippen LogP contribution < -0.4 is 5.32 Å². The molecule has 32 heavy (non-hydrogen) atoms. The van der Waals surface area contributed by atoms with Gasteiger partial charge in [0, 0.05) is 41.5 Å². The Labute approximate surface area is 195 Å². The van der Waals surface area contributed by atoms with Crippen molar-refractivity contribution in [2.24, 2.45) is 5.92 Å². The Morgan fingerprint density at radius 3 is 2.25 bits per heavy atom. The van der Waals surface area contributed by atoms with Crippen molar-refractivity contribution in [3.63, 3.8) is 0 Å². The molecule has 2 aromatic carbocycles. The van der Waals surface area contributed by atoms with Crippen molar-refractivity contribution in [3.05, 3.63) is 69.5 Å². The van der Waals surface area contributed by atoms with E-state index in [0.29, 0.717) is 40.3 Å². The Morgan fingerprint density at radius 1 is 1.12 bits per heavy atom. The van der Waals surface area contributed by atoms with Crippen LogP contribution in [-0.4, -0.2) is 41.4 Å². The van der Waals surface area contributed by atoms with Crippen molar-refractivity contribution >= 4 is 41.5 Å². The summed E-state index contributed by atoms with van der Waals surface area (Å²) < 4.78 is 13.6. The minimum atomic E-state index is -1.04. The standard InChI is InChI=1S/C23H23Cl2FN2O4/c24-17-11-15(12-18(25)13-17)14-27-21(30)20(5-10-29)23(16-1-3-19(26)4-2-16)6-8-28(9-7-23)22(31)32/h1-4,10-13,20H,5-9,14H2,(H,27,30)(H,31,32). The lowest BCUT2D eigenvalue weighted by Gasteiger charge is -2.45. The molecule has 0 radical (unpaired) electrons. The third-order valence-electron chi connectivity index (χ3n) is 6.05. The molecule has 1 saturated heterocycles. The molecule has 1 fully saturated rings. The largest absolute Gasteiger partial charge is 0.465 e. The van der Waals surface area contributed by atoms with Crippen molar-refractivity contribution in [2.75, 3.05) is 13.1 Å². The topological polar surface area (TPSA) is 86.7 Å². The number of rotatable bonds is 7. The SMILES string of the molecule is O=CCC(C(=O)NCc1cc(Cl)cc(Cl)c1)C1(c2ccc(F)cc2)CCN(C(=O)O)CC1. The predicted octanol–water partition coefficient (Wildman–Crippen LogP) is 4.67. The number of amides is 2. The van der Waals surface area contributed by atoms with Gasteiger partial charge in [-0.25, -0.2) is 9.18 Å². The second-order valence-electron chi connectivity index (χ2n) is 7.88. The molecule has 0 spiro atoms. The first-order valence-electron chi connectivity index (χ1n) is 10.2. The maximum atomic E-state index is 13.6.